The SMILES string of the molecule is CCCCCCCCCCCCNC(=O)CCCOCCOC(=O)CCl. The maximum Gasteiger partial charge on any atom is 0.320 e. The van der Waals surface area contributed by atoms with Crippen LogP contribution in [0.1, 0.15) is 84.0 Å². The molecule has 1 amide bonds. The van der Waals surface area contributed by atoms with Gasteiger partial charge < -0.3 is 14.8 Å². The quantitative estimate of drug-likeness (QED) is 0.198. The van der Waals surface area contributed by atoms with Gasteiger partial charge in [-0.1, -0.05) is 64.7 Å². The zero-order valence-electron chi connectivity index (χ0n) is 16.5. The molecule has 26 heavy (non-hydrogen) atoms. The highest BCUT2D eigenvalue weighted by atomic mass is 35.5. The first-order valence-electron chi connectivity index (χ1n) is 10.3. The predicted molar refractivity (Wildman–Crippen MR) is 107 cm³/mol. The zero-order valence-corrected chi connectivity index (χ0v) is 17.3. The molecular formula is C20H38ClNO4. The minimum Gasteiger partial charge on any atom is -0.462 e. The Hall–Kier alpha value is -0.810. The fourth-order valence-corrected chi connectivity index (χ4v) is 2.70. The van der Waals surface area contributed by atoms with Gasteiger partial charge in [0.25, 0.3) is 0 Å². The highest BCUT2D eigenvalue weighted by Crippen LogP contribution is 2.10. The van der Waals surface area contributed by atoms with Crippen molar-refractivity contribution >= 4 is 23.5 Å². The van der Waals surface area contributed by atoms with Crippen molar-refractivity contribution in [2.24, 2.45) is 0 Å². The molecule has 154 valence electrons. The Morgan fingerprint density at radius 1 is 0.808 bits per heavy atom. The van der Waals surface area contributed by atoms with Crippen molar-refractivity contribution in [2.75, 3.05) is 32.2 Å². The molecule has 0 rings (SSSR count). The molecule has 0 bridgehead atoms. The monoisotopic (exact) mass is 391 g/mol. The summed E-state index contributed by atoms with van der Waals surface area (Å²) in [5, 5.41) is 2.95. The Morgan fingerprint density at radius 2 is 1.42 bits per heavy atom. The van der Waals surface area contributed by atoms with Crippen LogP contribution in [0.3, 0.4) is 0 Å². The predicted octanol–water partition coefficient (Wildman–Crippen LogP) is 4.60. The van der Waals surface area contributed by atoms with Crippen molar-refractivity contribution in [3.63, 3.8) is 0 Å². The second kappa shape index (κ2) is 20.5. The van der Waals surface area contributed by atoms with Gasteiger partial charge in [-0.25, -0.2) is 0 Å². The fourth-order valence-electron chi connectivity index (χ4n) is 2.62. The van der Waals surface area contributed by atoms with Crippen LogP contribution in [0.4, 0.5) is 0 Å². The summed E-state index contributed by atoms with van der Waals surface area (Å²) >= 11 is 5.29. The molecule has 0 aliphatic carbocycles. The number of amides is 1. The number of carbonyl (C=O) groups excluding carboxylic acids is 2. The van der Waals surface area contributed by atoms with E-state index < -0.39 is 5.97 Å². The Bertz CT molecular complexity index is 340. The number of esters is 1. The van der Waals surface area contributed by atoms with Crippen molar-refractivity contribution < 1.29 is 19.1 Å². The lowest BCUT2D eigenvalue weighted by molar-refractivity contribution is -0.142. The van der Waals surface area contributed by atoms with Crippen molar-refractivity contribution in [1.29, 1.82) is 0 Å². The van der Waals surface area contributed by atoms with Gasteiger partial charge in [-0.3, -0.25) is 9.59 Å². The standard InChI is InChI=1S/C20H38ClNO4/c1-2-3-4-5-6-7-8-9-10-11-14-22-19(23)13-12-15-25-16-17-26-20(24)18-21/h2-18H2,1H3,(H,22,23). The molecule has 0 aliphatic rings. The molecule has 0 spiro atoms. The number of hydrogen-bond acceptors (Lipinski definition) is 4. The second-order valence-corrected chi connectivity index (χ2v) is 6.87. The first kappa shape index (κ1) is 25.2. The van der Waals surface area contributed by atoms with E-state index in [9.17, 15) is 9.59 Å². The second-order valence-electron chi connectivity index (χ2n) is 6.60. The summed E-state index contributed by atoms with van der Waals surface area (Å²) in [6, 6.07) is 0. The number of nitrogens with one attached hydrogen (secondary N) is 1. The minimum atomic E-state index is -0.443. The third-order valence-corrected chi connectivity index (χ3v) is 4.36. The number of hydrogen-bond donors (Lipinski definition) is 1. The largest absolute Gasteiger partial charge is 0.462 e. The van der Waals surface area contributed by atoms with E-state index in [1.54, 1.807) is 0 Å². The first-order chi connectivity index (χ1) is 12.7. The Balaban J connectivity index is 3.19. The van der Waals surface area contributed by atoms with E-state index in [1.807, 2.05) is 0 Å². The smallest absolute Gasteiger partial charge is 0.320 e. The fraction of sp³-hybridized carbons (Fsp3) is 0.900. The molecule has 0 aromatic heterocycles. The molecule has 0 saturated carbocycles. The molecule has 1 N–H and O–H groups in total. The third-order valence-electron chi connectivity index (χ3n) is 4.14. The van der Waals surface area contributed by atoms with E-state index in [-0.39, 0.29) is 18.4 Å². The lowest BCUT2D eigenvalue weighted by atomic mass is 10.1. The number of halogens is 1. The Morgan fingerprint density at radius 3 is 2.04 bits per heavy atom. The minimum absolute atomic E-state index is 0.0816. The molecule has 0 radical (unpaired) electrons. The van der Waals surface area contributed by atoms with Crippen molar-refractivity contribution in [3.05, 3.63) is 0 Å². The Labute approximate surface area is 164 Å². The molecule has 0 aromatic rings. The summed E-state index contributed by atoms with van der Waals surface area (Å²) in [5.41, 5.74) is 0. The normalized spacial score (nSPS) is 10.7. The molecule has 0 atom stereocenters. The van der Waals surface area contributed by atoms with E-state index in [1.165, 1.54) is 57.8 Å². The van der Waals surface area contributed by atoms with Crippen LogP contribution in [-0.2, 0) is 19.1 Å². The molecule has 6 heteroatoms. The van der Waals surface area contributed by atoms with Crippen molar-refractivity contribution in [2.45, 2.75) is 84.0 Å². The van der Waals surface area contributed by atoms with Crippen molar-refractivity contribution in [3.8, 4) is 0 Å². The molecule has 5 nitrogen and oxygen atoms in total. The van der Waals surface area contributed by atoms with Gasteiger partial charge in [0, 0.05) is 19.6 Å². The molecule has 0 heterocycles. The van der Waals surface area contributed by atoms with Gasteiger partial charge in [0.15, 0.2) is 0 Å². The van der Waals surface area contributed by atoms with Crippen LogP contribution in [0.25, 0.3) is 0 Å². The van der Waals surface area contributed by atoms with E-state index in [4.69, 9.17) is 21.1 Å². The van der Waals surface area contributed by atoms with Crippen LogP contribution in [0.15, 0.2) is 0 Å². The summed E-state index contributed by atoms with van der Waals surface area (Å²) in [7, 11) is 0. The molecule has 0 unspecified atom stereocenters. The summed E-state index contributed by atoms with van der Waals surface area (Å²) in [6.07, 6.45) is 14.1. The van der Waals surface area contributed by atoms with E-state index in [0.29, 0.717) is 26.1 Å². The van der Waals surface area contributed by atoms with Gasteiger partial charge in [0.2, 0.25) is 5.91 Å². The highest BCUT2D eigenvalue weighted by molar-refractivity contribution is 6.26. The van der Waals surface area contributed by atoms with Crippen molar-refractivity contribution in [1.82, 2.24) is 5.32 Å². The van der Waals surface area contributed by atoms with Crippen LogP contribution in [-0.4, -0.2) is 44.1 Å². The number of unbranched alkanes of at least 4 members (excludes halogenated alkanes) is 9. The molecular weight excluding hydrogens is 354 g/mol. The first-order valence-corrected chi connectivity index (χ1v) is 10.8. The molecule has 0 fully saturated rings. The lowest BCUT2D eigenvalue weighted by Gasteiger charge is -2.07. The van der Waals surface area contributed by atoms with Gasteiger partial charge in [-0.05, 0) is 12.8 Å². The maximum absolute atomic E-state index is 11.7. The summed E-state index contributed by atoms with van der Waals surface area (Å²) < 4.78 is 10.1. The molecule has 0 aliphatic heterocycles. The van der Waals surface area contributed by atoms with E-state index in [2.05, 4.69) is 12.2 Å². The van der Waals surface area contributed by atoms with Gasteiger partial charge in [-0.2, -0.15) is 0 Å². The van der Waals surface area contributed by atoms with Gasteiger partial charge >= 0.3 is 5.97 Å². The van der Waals surface area contributed by atoms with Crippen LogP contribution in [0, 0.1) is 0 Å². The summed E-state index contributed by atoms with van der Waals surface area (Å²) in [5.74, 6) is -0.501. The average Bonchev–Trinajstić information content (AvgIpc) is 2.65. The number of ether oxygens (including phenoxy) is 2. The lowest BCUT2D eigenvalue weighted by Crippen LogP contribution is -2.24. The average molecular weight is 392 g/mol. The van der Waals surface area contributed by atoms with Gasteiger partial charge in [0.1, 0.15) is 12.5 Å². The Kier molecular flexibility index (Phi) is 19.9. The summed E-state index contributed by atoms with van der Waals surface area (Å²) in [6.45, 7) is 4.05. The van der Waals surface area contributed by atoms with E-state index in [0.717, 1.165) is 13.0 Å². The third kappa shape index (κ3) is 19.5. The highest BCUT2D eigenvalue weighted by Gasteiger charge is 2.02. The molecule has 0 saturated heterocycles. The number of alkyl halides is 1. The zero-order chi connectivity index (χ0) is 19.3. The maximum atomic E-state index is 11.7. The summed E-state index contributed by atoms with van der Waals surface area (Å²) in [4.78, 5) is 22.4. The van der Waals surface area contributed by atoms with Gasteiger partial charge in [0.05, 0.1) is 6.61 Å². The van der Waals surface area contributed by atoms with Crippen LogP contribution in [0.2, 0.25) is 0 Å². The van der Waals surface area contributed by atoms with Gasteiger partial charge in [-0.15, -0.1) is 11.6 Å². The molecule has 0 aromatic carbocycles. The number of carbonyl (C=O) groups is 2. The van der Waals surface area contributed by atoms with Crippen LogP contribution in [0.5, 0.6) is 0 Å². The van der Waals surface area contributed by atoms with E-state index >= 15 is 0 Å². The number of rotatable bonds is 19. The van der Waals surface area contributed by atoms with Crippen LogP contribution < -0.4 is 5.32 Å². The van der Waals surface area contributed by atoms with Crippen LogP contribution >= 0.6 is 11.6 Å². The topological polar surface area (TPSA) is 64.6 Å².